The van der Waals surface area contributed by atoms with E-state index >= 15 is 0 Å². The smallest absolute Gasteiger partial charge is 0.229 e. The fraction of sp³-hybridized carbons (Fsp3) is 0.333. The topological polar surface area (TPSA) is 67.2 Å². The lowest BCUT2D eigenvalue weighted by molar-refractivity contribution is 0.199. The van der Waals surface area contributed by atoms with Crippen LogP contribution >= 0.6 is 0 Å². The Labute approximate surface area is 180 Å². The number of H-pyrrole nitrogens is 1. The van der Waals surface area contributed by atoms with E-state index in [4.69, 9.17) is 14.1 Å². The highest BCUT2D eigenvalue weighted by atomic mass is 19.1. The lowest BCUT2D eigenvalue weighted by atomic mass is 9.96. The van der Waals surface area contributed by atoms with Crippen LogP contribution in [0.5, 0.6) is 5.75 Å². The zero-order valence-electron chi connectivity index (χ0n) is 17.7. The van der Waals surface area contributed by atoms with E-state index in [0.717, 1.165) is 54.2 Å². The standard InChI is InChI=1S/C24H25FN4O2/c1-15-22(28-24(31-15)18-13-17(30-2)7-8-19(18)25)14-29-11-9-16(10-12-29)23-26-20-5-3-4-6-21(20)27-23/h3-8,13,16H,9-12,14H2,1-2H3,(H,26,27). The van der Waals surface area contributed by atoms with Gasteiger partial charge in [0.15, 0.2) is 0 Å². The van der Waals surface area contributed by atoms with E-state index in [1.165, 1.54) is 6.07 Å². The molecule has 3 heterocycles. The molecule has 6 nitrogen and oxygen atoms in total. The van der Waals surface area contributed by atoms with Crippen LogP contribution in [0.15, 0.2) is 46.9 Å². The largest absolute Gasteiger partial charge is 0.497 e. The van der Waals surface area contributed by atoms with E-state index in [2.05, 4.69) is 20.9 Å². The van der Waals surface area contributed by atoms with Crippen LogP contribution in [0.3, 0.4) is 0 Å². The molecule has 0 amide bonds. The van der Waals surface area contributed by atoms with Crippen LogP contribution in [-0.2, 0) is 6.54 Å². The minimum Gasteiger partial charge on any atom is -0.497 e. The first-order valence-corrected chi connectivity index (χ1v) is 10.6. The Balaban J connectivity index is 1.26. The van der Waals surface area contributed by atoms with Crippen LogP contribution in [0.4, 0.5) is 4.39 Å². The third-order valence-electron chi connectivity index (χ3n) is 6.05. The first-order chi connectivity index (χ1) is 15.1. The number of piperidine rings is 1. The van der Waals surface area contributed by atoms with E-state index < -0.39 is 0 Å². The second kappa shape index (κ2) is 8.15. The fourth-order valence-corrected chi connectivity index (χ4v) is 4.23. The van der Waals surface area contributed by atoms with Gasteiger partial charge in [-0.05, 0) is 63.2 Å². The van der Waals surface area contributed by atoms with Crippen molar-refractivity contribution in [1.82, 2.24) is 19.9 Å². The molecule has 1 N–H and O–H groups in total. The molecule has 0 saturated carbocycles. The average Bonchev–Trinajstić information content (AvgIpc) is 3.38. The second-order valence-electron chi connectivity index (χ2n) is 8.06. The number of hydrogen-bond donors (Lipinski definition) is 1. The summed E-state index contributed by atoms with van der Waals surface area (Å²) in [6.45, 7) is 4.48. The van der Waals surface area contributed by atoms with Gasteiger partial charge in [-0.2, -0.15) is 0 Å². The van der Waals surface area contributed by atoms with E-state index in [1.54, 1.807) is 19.2 Å². The molecule has 1 saturated heterocycles. The number of imidazole rings is 1. The van der Waals surface area contributed by atoms with Gasteiger partial charge in [0, 0.05) is 12.5 Å². The van der Waals surface area contributed by atoms with Crippen molar-refractivity contribution in [1.29, 1.82) is 0 Å². The number of likely N-dealkylation sites (tertiary alicyclic amines) is 1. The van der Waals surface area contributed by atoms with E-state index in [0.29, 0.717) is 29.7 Å². The van der Waals surface area contributed by atoms with Gasteiger partial charge in [0.1, 0.15) is 23.2 Å². The highest BCUT2D eigenvalue weighted by Gasteiger charge is 2.25. The number of nitrogens with one attached hydrogen (secondary N) is 1. The first-order valence-electron chi connectivity index (χ1n) is 10.6. The van der Waals surface area contributed by atoms with Gasteiger partial charge in [-0.25, -0.2) is 14.4 Å². The summed E-state index contributed by atoms with van der Waals surface area (Å²) in [6, 6.07) is 12.7. The van der Waals surface area contributed by atoms with Gasteiger partial charge in [0.05, 0.1) is 29.4 Å². The van der Waals surface area contributed by atoms with Gasteiger partial charge in [-0.3, -0.25) is 4.90 Å². The molecule has 5 rings (SSSR count). The number of nitrogens with zero attached hydrogens (tertiary/aromatic N) is 3. The molecule has 31 heavy (non-hydrogen) atoms. The third kappa shape index (κ3) is 3.93. The van der Waals surface area contributed by atoms with Crippen molar-refractivity contribution in [2.45, 2.75) is 32.2 Å². The molecular formula is C24H25FN4O2. The number of hydrogen-bond acceptors (Lipinski definition) is 5. The molecule has 1 aliphatic heterocycles. The SMILES string of the molecule is COc1ccc(F)c(-c2nc(CN3CCC(c4nc5ccccc5[nH]4)CC3)c(C)o2)c1. The Hall–Kier alpha value is -3.19. The maximum atomic E-state index is 14.3. The Bertz CT molecular complexity index is 1170. The molecule has 7 heteroatoms. The molecule has 4 aromatic rings. The van der Waals surface area contributed by atoms with Gasteiger partial charge in [-0.15, -0.1) is 0 Å². The van der Waals surface area contributed by atoms with Gasteiger partial charge >= 0.3 is 0 Å². The number of methoxy groups -OCH3 is 1. The molecule has 0 atom stereocenters. The number of aromatic amines is 1. The number of aromatic nitrogens is 3. The van der Waals surface area contributed by atoms with Crippen LogP contribution in [0.1, 0.15) is 36.0 Å². The summed E-state index contributed by atoms with van der Waals surface area (Å²) in [5.74, 6) is 2.72. The van der Waals surface area contributed by atoms with Gasteiger partial charge in [0.2, 0.25) is 5.89 Å². The maximum absolute atomic E-state index is 14.3. The first kappa shape index (κ1) is 19.8. The van der Waals surface area contributed by atoms with Gasteiger partial charge in [0.25, 0.3) is 0 Å². The number of oxazole rings is 1. The summed E-state index contributed by atoms with van der Waals surface area (Å²) < 4.78 is 25.3. The second-order valence-corrected chi connectivity index (χ2v) is 8.06. The number of para-hydroxylation sites is 2. The Morgan fingerprint density at radius 1 is 1.16 bits per heavy atom. The highest BCUT2D eigenvalue weighted by Crippen LogP contribution is 2.31. The van der Waals surface area contributed by atoms with Crippen LogP contribution in [0.2, 0.25) is 0 Å². The van der Waals surface area contributed by atoms with E-state index in [-0.39, 0.29) is 5.82 Å². The monoisotopic (exact) mass is 420 g/mol. The Morgan fingerprint density at radius 3 is 2.74 bits per heavy atom. The minimum absolute atomic E-state index is 0.293. The van der Waals surface area contributed by atoms with Crippen molar-refractivity contribution >= 4 is 11.0 Å². The normalized spacial score (nSPS) is 15.6. The predicted molar refractivity (Wildman–Crippen MR) is 117 cm³/mol. The Morgan fingerprint density at radius 2 is 1.97 bits per heavy atom. The van der Waals surface area contributed by atoms with E-state index in [9.17, 15) is 4.39 Å². The number of ether oxygens (including phenoxy) is 1. The number of rotatable bonds is 5. The molecule has 0 aliphatic carbocycles. The third-order valence-corrected chi connectivity index (χ3v) is 6.05. The lowest BCUT2D eigenvalue weighted by Crippen LogP contribution is -2.33. The minimum atomic E-state index is -0.375. The van der Waals surface area contributed by atoms with Crippen molar-refractivity contribution in [2.75, 3.05) is 20.2 Å². The summed E-state index contributed by atoms with van der Waals surface area (Å²) in [5.41, 5.74) is 3.28. The molecule has 0 bridgehead atoms. The summed E-state index contributed by atoms with van der Waals surface area (Å²) in [5, 5.41) is 0. The summed E-state index contributed by atoms with van der Waals surface area (Å²) in [7, 11) is 1.55. The van der Waals surface area contributed by atoms with Crippen LogP contribution in [-0.4, -0.2) is 40.1 Å². The summed E-state index contributed by atoms with van der Waals surface area (Å²) >= 11 is 0. The summed E-state index contributed by atoms with van der Waals surface area (Å²) in [6.07, 6.45) is 2.07. The molecule has 0 unspecified atom stereocenters. The summed E-state index contributed by atoms with van der Waals surface area (Å²) in [4.78, 5) is 15.2. The zero-order chi connectivity index (χ0) is 21.4. The van der Waals surface area contributed by atoms with Crippen molar-refractivity contribution in [2.24, 2.45) is 0 Å². The molecule has 0 spiro atoms. The molecular weight excluding hydrogens is 395 g/mol. The predicted octanol–water partition coefficient (Wildman–Crippen LogP) is 5.05. The molecule has 2 aromatic carbocycles. The number of fused-ring (bicyclic) bond motifs is 1. The molecule has 2 aromatic heterocycles. The van der Waals surface area contributed by atoms with Crippen LogP contribution < -0.4 is 4.74 Å². The van der Waals surface area contributed by atoms with Gasteiger partial charge < -0.3 is 14.1 Å². The Kier molecular flexibility index (Phi) is 5.19. The van der Waals surface area contributed by atoms with Crippen LogP contribution in [0, 0.1) is 12.7 Å². The van der Waals surface area contributed by atoms with E-state index in [1.807, 2.05) is 25.1 Å². The fourth-order valence-electron chi connectivity index (χ4n) is 4.23. The van der Waals surface area contributed by atoms with Crippen molar-refractivity contribution < 1.29 is 13.5 Å². The maximum Gasteiger partial charge on any atom is 0.229 e. The van der Waals surface area contributed by atoms with Crippen molar-refractivity contribution in [3.05, 3.63) is 65.6 Å². The highest BCUT2D eigenvalue weighted by molar-refractivity contribution is 5.74. The zero-order valence-corrected chi connectivity index (χ0v) is 17.7. The lowest BCUT2D eigenvalue weighted by Gasteiger charge is -2.30. The number of halogens is 1. The molecule has 0 radical (unpaired) electrons. The number of benzene rings is 2. The molecule has 160 valence electrons. The molecule has 1 fully saturated rings. The number of aryl methyl sites for hydroxylation is 1. The van der Waals surface area contributed by atoms with Crippen molar-refractivity contribution in [3.8, 4) is 17.2 Å². The van der Waals surface area contributed by atoms with Crippen molar-refractivity contribution in [3.63, 3.8) is 0 Å². The van der Waals surface area contributed by atoms with Gasteiger partial charge in [-0.1, -0.05) is 12.1 Å². The average molecular weight is 420 g/mol. The quantitative estimate of drug-likeness (QED) is 0.489. The van der Waals surface area contributed by atoms with Crippen LogP contribution in [0.25, 0.3) is 22.5 Å². The molecule has 1 aliphatic rings.